The van der Waals surface area contributed by atoms with E-state index >= 15 is 0 Å². The second-order valence-electron chi connectivity index (χ2n) is 7.55. The Morgan fingerprint density at radius 3 is 2.45 bits per heavy atom. The van der Waals surface area contributed by atoms with Gasteiger partial charge in [0.1, 0.15) is 0 Å². The van der Waals surface area contributed by atoms with Crippen LogP contribution in [0.4, 0.5) is 0 Å². The molecule has 1 fully saturated rings. The Balaban J connectivity index is 1.38. The lowest BCUT2D eigenvalue weighted by molar-refractivity contribution is 0.0735. The van der Waals surface area contributed by atoms with Crippen molar-refractivity contribution >= 4 is 5.91 Å². The third-order valence-electron chi connectivity index (χ3n) is 5.69. The predicted molar refractivity (Wildman–Crippen MR) is 111 cm³/mol. The number of aromatic nitrogens is 1. The number of fused-ring (bicyclic) bond motifs is 1. The molecule has 3 aromatic rings. The molecule has 3 heterocycles. The fourth-order valence-electron chi connectivity index (χ4n) is 4.19. The lowest BCUT2D eigenvalue weighted by Crippen LogP contribution is -2.30. The number of hydrogen-bond donors (Lipinski definition) is 0. The Labute approximate surface area is 170 Å². The van der Waals surface area contributed by atoms with Gasteiger partial charge in [-0.1, -0.05) is 6.07 Å². The first-order valence-electron chi connectivity index (χ1n) is 10.2. The van der Waals surface area contributed by atoms with Crippen LogP contribution in [0.3, 0.4) is 0 Å². The first-order chi connectivity index (χ1) is 14.3. The molecule has 0 N–H and O–H groups in total. The summed E-state index contributed by atoms with van der Waals surface area (Å²) in [4.78, 5) is 15.2. The van der Waals surface area contributed by atoms with Crippen molar-refractivity contribution in [1.29, 1.82) is 0 Å². The molecule has 148 valence electrons. The summed E-state index contributed by atoms with van der Waals surface area (Å²) in [6.07, 6.45) is 6.85. The summed E-state index contributed by atoms with van der Waals surface area (Å²) in [6.45, 7) is 2.12. The number of likely N-dealkylation sites (tertiary alicyclic amines) is 1. The van der Waals surface area contributed by atoms with Gasteiger partial charge in [0.15, 0.2) is 11.5 Å². The average Bonchev–Trinajstić information content (AvgIpc) is 3.42. The number of nitrogens with zero attached hydrogens (tertiary/aromatic N) is 2. The van der Waals surface area contributed by atoms with Gasteiger partial charge in [-0.3, -0.25) is 4.79 Å². The molecular weight excluding hydrogens is 364 g/mol. The van der Waals surface area contributed by atoms with Gasteiger partial charge >= 0.3 is 0 Å². The summed E-state index contributed by atoms with van der Waals surface area (Å²) in [5, 5.41) is 0. The summed E-state index contributed by atoms with van der Waals surface area (Å²) >= 11 is 0. The van der Waals surface area contributed by atoms with Crippen molar-refractivity contribution in [2.75, 3.05) is 19.8 Å². The topological polar surface area (TPSA) is 43.7 Å². The van der Waals surface area contributed by atoms with Crippen LogP contribution in [0.1, 0.15) is 41.2 Å². The van der Waals surface area contributed by atoms with Gasteiger partial charge in [0.05, 0.1) is 19.3 Å². The van der Waals surface area contributed by atoms with Gasteiger partial charge in [-0.25, -0.2) is 0 Å². The molecule has 2 aliphatic rings. The standard InChI is InChI=1S/C24H24N2O3/c27-24(18-6-9-20(10-7-18)25-12-1-2-13-25)26-14-3-5-21(26)19-8-11-22-23(17-19)29-16-4-15-28-22/h1-2,6-13,17,21H,3-5,14-16H2/t21-/m1/s1. The van der Waals surface area contributed by atoms with Gasteiger partial charge in [0.2, 0.25) is 0 Å². The van der Waals surface area contributed by atoms with Crippen molar-refractivity contribution in [2.24, 2.45) is 0 Å². The normalized spacial score (nSPS) is 18.5. The quantitative estimate of drug-likeness (QED) is 0.658. The van der Waals surface area contributed by atoms with Crippen molar-refractivity contribution in [3.05, 3.63) is 78.1 Å². The number of carbonyl (C=O) groups excluding carboxylic acids is 1. The second-order valence-corrected chi connectivity index (χ2v) is 7.55. The molecule has 2 aromatic carbocycles. The van der Waals surface area contributed by atoms with Crippen molar-refractivity contribution in [3.8, 4) is 17.2 Å². The molecule has 5 rings (SSSR count). The van der Waals surface area contributed by atoms with E-state index < -0.39 is 0 Å². The molecule has 0 unspecified atom stereocenters. The molecule has 1 atom stereocenters. The van der Waals surface area contributed by atoms with E-state index in [2.05, 4.69) is 6.07 Å². The van der Waals surface area contributed by atoms with E-state index in [0.717, 1.165) is 54.1 Å². The second kappa shape index (κ2) is 7.66. The zero-order valence-corrected chi connectivity index (χ0v) is 16.3. The molecule has 5 heteroatoms. The highest BCUT2D eigenvalue weighted by atomic mass is 16.5. The number of amides is 1. The number of ether oxygens (including phenoxy) is 2. The molecule has 0 bridgehead atoms. The molecule has 2 aliphatic heterocycles. The maximum Gasteiger partial charge on any atom is 0.254 e. The largest absolute Gasteiger partial charge is 0.490 e. The van der Waals surface area contributed by atoms with Crippen LogP contribution in [-0.2, 0) is 0 Å². The van der Waals surface area contributed by atoms with Crippen LogP contribution in [0.15, 0.2) is 67.0 Å². The Morgan fingerprint density at radius 2 is 1.66 bits per heavy atom. The lowest BCUT2D eigenvalue weighted by atomic mass is 10.0. The molecule has 0 saturated carbocycles. The van der Waals surface area contributed by atoms with Crippen molar-refractivity contribution in [1.82, 2.24) is 9.47 Å². The summed E-state index contributed by atoms with van der Waals surface area (Å²) in [5.41, 5.74) is 2.89. The fourth-order valence-corrected chi connectivity index (χ4v) is 4.19. The highest BCUT2D eigenvalue weighted by molar-refractivity contribution is 5.95. The van der Waals surface area contributed by atoms with E-state index in [1.54, 1.807) is 0 Å². The molecule has 1 saturated heterocycles. The average molecular weight is 388 g/mol. The zero-order valence-electron chi connectivity index (χ0n) is 16.3. The third-order valence-corrected chi connectivity index (χ3v) is 5.69. The fraction of sp³-hybridized carbons (Fsp3) is 0.292. The summed E-state index contributed by atoms with van der Waals surface area (Å²) in [5.74, 6) is 1.66. The van der Waals surface area contributed by atoms with E-state index in [4.69, 9.17) is 9.47 Å². The first-order valence-corrected chi connectivity index (χ1v) is 10.2. The van der Waals surface area contributed by atoms with Crippen LogP contribution in [0.2, 0.25) is 0 Å². The predicted octanol–water partition coefficient (Wildman–Crippen LogP) is 4.62. The number of carbonyl (C=O) groups is 1. The Hall–Kier alpha value is -3.21. The number of hydrogen-bond acceptors (Lipinski definition) is 3. The molecule has 0 radical (unpaired) electrons. The third kappa shape index (κ3) is 3.48. The minimum absolute atomic E-state index is 0.0729. The van der Waals surface area contributed by atoms with Crippen LogP contribution >= 0.6 is 0 Å². The maximum atomic E-state index is 13.2. The van der Waals surface area contributed by atoms with E-state index in [1.807, 2.05) is 70.4 Å². The van der Waals surface area contributed by atoms with Crippen molar-refractivity contribution in [2.45, 2.75) is 25.3 Å². The Kier molecular flexibility index (Phi) is 4.72. The first kappa shape index (κ1) is 17.9. The van der Waals surface area contributed by atoms with Gasteiger partial charge in [-0.2, -0.15) is 0 Å². The molecule has 5 nitrogen and oxygen atoms in total. The van der Waals surface area contributed by atoms with Crippen LogP contribution in [-0.4, -0.2) is 35.1 Å². The van der Waals surface area contributed by atoms with Crippen LogP contribution in [0, 0.1) is 0 Å². The SMILES string of the molecule is O=C(c1ccc(-n2cccc2)cc1)N1CCC[C@@H]1c1ccc2c(c1)OCCCO2. The lowest BCUT2D eigenvalue weighted by Gasteiger charge is -2.26. The summed E-state index contributed by atoms with van der Waals surface area (Å²) in [7, 11) is 0. The molecule has 29 heavy (non-hydrogen) atoms. The summed E-state index contributed by atoms with van der Waals surface area (Å²) < 4.78 is 13.6. The van der Waals surface area contributed by atoms with Gasteiger partial charge in [0, 0.05) is 36.6 Å². The minimum Gasteiger partial charge on any atom is -0.490 e. The molecular formula is C24H24N2O3. The summed E-state index contributed by atoms with van der Waals surface area (Å²) in [6, 6.07) is 18.0. The number of benzene rings is 2. The van der Waals surface area contributed by atoms with E-state index in [0.29, 0.717) is 13.2 Å². The van der Waals surface area contributed by atoms with Gasteiger partial charge in [0.25, 0.3) is 5.91 Å². The van der Waals surface area contributed by atoms with E-state index in [1.165, 1.54) is 0 Å². The van der Waals surface area contributed by atoms with Gasteiger partial charge < -0.3 is 18.9 Å². The molecule has 1 amide bonds. The number of rotatable bonds is 3. The monoisotopic (exact) mass is 388 g/mol. The Morgan fingerprint density at radius 1 is 0.897 bits per heavy atom. The highest BCUT2D eigenvalue weighted by Crippen LogP contribution is 2.38. The molecule has 0 aliphatic carbocycles. The maximum absolute atomic E-state index is 13.2. The highest BCUT2D eigenvalue weighted by Gasteiger charge is 2.31. The Bertz CT molecular complexity index is 995. The van der Waals surface area contributed by atoms with Gasteiger partial charge in [-0.05, 0) is 66.9 Å². The smallest absolute Gasteiger partial charge is 0.254 e. The van der Waals surface area contributed by atoms with Crippen LogP contribution in [0.25, 0.3) is 5.69 Å². The van der Waals surface area contributed by atoms with Crippen LogP contribution in [0.5, 0.6) is 11.5 Å². The zero-order chi connectivity index (χ0) is 19.6. The van der Waals surface area contributed by atoms with Crippen molar-refractivity contribution < 1.29 is 14.3 Å². The van der Waals surface area contributed by atoms with Crippen LogP contribution < -0.4 is 9.47 Å². The van der Waals surface area contributed by atoms with E-state index in [-0.39, 0.29) is 11.9 Å². The van der Waals surface area contributed by atoms with Crippen molar-refractivity contribution in [3.63, 3.8) is 0 Å². The van der Waals surface area contributed by atoms with E-state index in [9.17, 15) is 4.79 Å². The molecule has 0 spiro atoms. The van der Waals surface area contributed by atoms with Gasteiger partial charge in [-0.15, -0.1) is 0 Å². The molecule has 1 aromatic heterocycles. The minimum atomic E-state index is 0.0729.